The maximum atomic E-state index is 5.92. The third-order valence-electron chi connectivity index (χ3n) is 3.37. The molecule has 118 valence electrons. The van der Waals surface area contributed by atoms with E-state index in [1.165, 1.54) is 5.56 Å². The van der Waals surface area contributed by atoms with Crippen LogP contribution < -0.4 is 14.8 Å². The van der Waals surface area contributed by atoms with Gasteiger partial charge in [0, 0.05) is 12.7 Å². The zero-order chi connectivity index (χ0) is 15.6. The van der Waals surface area contributed by atoms with E-state index in [1.54, 1.807) is 14.2 Å². The summed E-state index contributed by atoms with van der Waals surface area (Å²) in [6, 6.07) is 16.2. The second-order valence-corrected chi connectivity index (χ2v) is 5.03. The van der Waals surface area contributed by atoms with Crippen molar-refractivity contribution < 1.29 is 19.5 Å². The molecule has 2 aromatic carbocycles. The molecule has 0 spiro atoms. The third-order valence-corrected chi connectivity index (χ3v) is 3.37. The van der Waals surface area contributed by atoms with Gasteiger partial charge in [0.1, 0.15) is 13.2 Å². The Morgan fingerprint density at radius 2 is 1.73 bits per heavy atom. The lowest BCUT2D eigenvalue weighted by molar-refractivity contribution is -0.671. The van der Waals surface area contributed by atoms with Gasteiger partial charge in [0.2, 0.25) is 0 Å². The number of rotatable bonds is 9. The zero-order valence-corrected chi connectivity index (χ0v) is 13.2. The Balaban J connectivity index is 1.98. The molecule has 0 aliphatic rings. The average molecular weight is 302 g/mol. The molecule has 0 unspecified atom stereocenters. The fourth-order valence-corrected chi connectivity index (χ4v) is 2.17. The Morgan fingerprint density at radius 3 is 2.45 bits per heavy atom. The molecule has 0 atom stereocenters. The number of methoxy groups -OCH3 is 2. The van der Waals surface area contributed by atoms with E-state index in [1.807, 2.05) is 30.3 Å². The highest BCUT2D eigenvalue weighted by atomic mass is 16.5. The van der Waals surface area contributed by atoms with Crippen molar-refractivity contribution in [1.82, 2.24) is 0 Å². The fourth-order valence-electron chi connectivity index (χ4n) is 2.17. The van der Waals surface area contributed by atoms with Crippen molar-refractivity contribution in [2.24, 2.45) is 0 Å². The molecule has 0 amide bonds. The summed E-state index contributed by atoms with van der Waals surface area (Å²) in [6.07, 6.45) is 0. The summed E-state index contributed by atoms with van der Waals surface area (Å²) in [5, 5.41) is 2.21. The molecule has 0 saturated carbocycles. The van der Waals surface area contributed by atoms with Gasteiger partial charge in [-0.2, -0.15) is 0 Å². The SMILES string of the molecule is COCC[NH2+]Cc1ccc(OC)c(OCc2ccccc2)c1. The molecule has 2 rings (SSSR count). The van der Waals surface area contributed by atoms with Crippen molar-refractivity contribution in [2.75, 3.05) is 27.4 Å². The van der Waals surface area contributed by atoms with E-state index in [2.05, 4.69) is 23.5 Å². The lowest BCUT2D eigenvalue weighted by Gasteiger charge is -2.12. The van der Waals surface area contributed by atoms with Crippen LogP contribution in [-0.2, 0) is 17.9 Å². The van der Waals surface area contributed by atoms with Crippen LogP contribution in [0.1, 0.15) is 11.1 Å². The quantitative estimate of drug-likeness (QED) is 0.720. The van der Waals surface area contributed by atoms with Crippen LogP contribution in [0.5, 0.6) is 11.5 Å². The summed E-state index contributed by atoms with van der Waals surface area (Å²) in [5.41, 5.74) is 2.35. The topological polar surface area (TPSA) is 44.3 Å². The number of hydrogen-bond acceptors (Lipinski definition) is 3. The largest absolute Gasteiger partial charge is 0.493 e. The predicted molar refractivity (Wildman–Crippen MR) is 86.1 cm³/mol. The van der Waals surface area contributed by atoms with Crippen LogP contribution >= 0.6 is 0 Å². The van der Waals surface area contributed by atoms with E-state index in [4.69, 9.17) is 14.2 Å². The molecule has 0 fully saturated rings. The molecule has 0 bridgehead atoms. The van der Waals surface area contributed by atoms with Gasteiger partial charge in [-0.3, -0.25) is 0 Å². The first-order chi connectivity index (χ1) is 10.8. The summed E-state index contributed by atoms with van der Waals surface area (Å²) in [5.74, 6) is 1.54. The smallest absolute Gasteiger partial charge is 0.162 e. The van der Waals surface area contributed by atoms with Crippen LogP contribution in [0.2, 0.25) is 0 Å². The van der Waals surface area contributed by atoms with Gasteiger partial charge in [-0.25, -0.2) is 0 Å². The van der Waals surface area contributed by atoms with Crippen LogP contribution in [-0.4, -0.2) is 27.4 Å². The first kappa shape index (κ1) is 16.3. The van der Waals surface area contributed by atoms with Crippen LogP contribution in [0.3, 0.4) is 0 Å². The number of nitrogens with two attached hydrogens (primary N) is 1. The first-order valence-corrected chi connectivity index (χ1v) is 7.47. The minimum Gasteiger partial charge on any atom is -0.493 e. The molecule has 0 aliphatic heterocycles. The van der Waals surface area contributed by atoms with Gasteiger partial charge < -0.3 is 19.5 Å². The van der Waals surface area contributed by atoms with Crippen molar-refractivity contribution in [3.05, 3.63) is 59.7 Å². The van der Waals surface area contributed by atoms with Crippen molar-refractivity contribution in [3.8, 4) is 11.5 Å². The van der Waals surface area contributed by atoms with Gasteiger partial charge in [-0.05, 0) is 23.8 Å². The Morgan fingerprint density at radius 1 is 0.909 bits per heavy atom. The van der Waals surface area contributed by atoms with E-state index in [9.17, 15) is 0 Å². The third kappa shape index (κ3) is 5.06. The highest BCUT2D eigenvalue weighted by Gasteiger charge is 2.07. The summed E-state index contributed by atoms with van der Waals surface area (Å²) in [4.78, 5) is 0. The Hall–Kier alpha value is -2.04. The molecule has 0 heterocycles. The van der Waals surface area contributed by atoms with Gasteiger partial charge in [0.25, 0.3) is 0 Å². The van der Waals surface area contributed by atoms with Gasteiger partial charge in [0.15, 0.2) is 11.5 Å². The molecular formula is C18H24NO3+. The highest BCUT2D eigenvalue weighted by molar-refractivity contribution is 5.42. The van der Waals surface area contributed by atoms with E-state index < -0.39 is 0 Å². The molecule has 2 N–H and O–H groups in total. The molecule has 4 nitrogen and oxygen atoms in total. The second kappa shape index (κ2) is 9.07. The molecule has 0 radical (unpaired) electrons. The van der Waals surface area contributed by atoms with Gasteiger partial charge in [0.05, 0.1) is 20.3 Å². The number of benzene rings is 2. The zero-order valence-electron chi connectivity index (χ0n) is 13.2. The van der Waals surface area contributed by atoms with Crippen LogP contribution in [0.15, 0.2) is 48.5 Å². The molecule has 2 aromatic rings. The van der Waals surface area contributed by atoms with E-state index in [-0.39, 0.29) is 0 Å². The van der Waals surface area contributed by atoms with Gasteiger partial charge in [-0.1, -0.05) is 30.3 Å². The molecule has 22 heavy (non-hydrogen) atoms. The summed E-state index contributed by atoms with van der Waals surface area (Å²) in [7, 11) is 3.38. The fraction of sp³-hybridized carbons (Fsp3) is 0.333. The second-order valence-electron chi connectivity index (χ2n) is 5.03. The normalized spacial score (nSPS) is 10.5. The molecule has 0 aromatic heterocycles. The molecule has 0 aliphatic carbocycles. The number of hydrogen-bond donors (Lipinski definition) is 1. The minimum atomic E-state index is 0.536. The monoisotopic (exact) mass is 302 g/mol. The lowest BCUT2D eigenvalue weighted by atomic mass is 10.2. The van der Waals surface area contributed by atoms with Crippen LogP contribution in [0, 0.1) is 0 Å². The molecular weight excluding hydrogens is 278 g/mol. The maximum absolute atomic E-state index is 5.92. The van der Waals surface area contributed by atoms with E-state index >= 15 is 0 Å². The Labute approximate surface area is 132 Å². The maximum Gasteiger partial charge on any atom is 0.162 e. The Kier molecular flexibility index (Phi) is 6.74. The Bertz CT molecular complexity index is 558. The van der Waals surface area contributed by atoms with Crippen molar-refractivity contribution in [2.45, 2.75) is 13.2 Å². The lowest BCUT2D eigenvalue weighted by Crippen LogP contribution is -2.83. The summed E-state index contributed by atoms with van der Waals surface area (Å²) < 4.78 is 16.3. The summed E-state index contributed by atoms with van der Waals surface area (Å²) >= 11 is 0. The van der Waals surface area contributed by atoms with Gasteiger partial charge >= 0.3 is 0 Å². The minimum absolute atomic E-state index is 0.536. The first-order valence-electron chi connectivity index (χ1n) is 7.47. The molecule has 4 heteroatoms. The van der Waals surface area contributed by atoms with Crippen LogP contribution in [0.4, 0.5) is 0 Å². The van der Waals surface area contributed by atoms with Crippen molar-refractivity contribution in [1.29, 1.82) is 0 Å². The summed E-state index contributed by atoms with van der Waals surface area (Å²) in [6.45, 7) is 3.14. The van der Waals surface area contributed by atoms with Crippen molar-refractivity contribution in [3.63, 3.8) is 0 Å². The number of ether oxygens (including phenoxy) is 3. The number of quaternary nitrogens is 1. The van der Waals surface area contributed by atoms with Crippen LogP contribution in [0.25, 0.3) is 0 Å². The predicted octanol–water partition coefficient (Wildman–Crippen LogP) is 1.98. The van der Waals surface area contributed by atoms with Crippen molar-refractivity contribution >= 4 is 0 Å². The van der Waals surface area contributed by atoms with E-state index in [0.717, 1.165) is 36.8 Å². The standard InChI is InChI=1S/C18H23NO3/c1-20-11-10-19-13-16-8-9-17(21-2)18(12-16)22-14-15-6-4-3-5-7-15/h3-9,12,19H,10-11,13-14H2,1-2H3/p+1. The van der Waals surface area contributed by atoms with E-state index in [0.29, 0.717) is 6.61 Å². The molecule has 0 saturated heterocycles. The average Bonchev–Trinajstić information content (AvgIpc) is 2.58. The highest BCUT2D eigenvalue weighted by Crippen LogP contribution is 2.28. The van der Waals surface area contributed by atoms with Gasteiger partial charge in [-0.15, -0.1) is 0 Å².